The van der Waals surface area contributed by atoms with Crippen LogP contribution in [0.15, 0.2) is 52.4 Å². The Morgan fingerprint density at radius 1 is 1.10 bits per heavy atom. The summed E-state index contributed by atoms with van der Waals surface area (Å²) in [5, 5.41) is 6.55. The molecule has 4 atom stereocenters. The van der Waals surface area contributed by atoms with E-state index < -0.39 is 0 Å². The van der Waals surface area contributed by atoms with E-state index in [1.54, 1.807) is 11.8 Å². The third-order valence-electron chi connectivity index (χ3n) is 5.91. The molecule has 3 aliphatic rings. The summed E-state index contributed by atoms with van der Waals surface area (Å²) in [5.74, 6) is 1.94. The lowest BCUT2D eigenvalue weighted by Crippen LogP contribution is -2.40. The highest BCUT2D eigenvalue weighted by molar-refractivity contribution is 14.0. The highest BCUT2D eigenvalue weighted by Gasteiger charge is 2.58. The predicted octanol–water partition coefficient (Wildman–Crippen LogP) is 2.76. The molecule has 8 heteroatoms. The van der Waals surface area contributed by atoms with Crippen molar-refractivity contribution in [2.45, 2.75) is 18.2 Å². The number of rotatable bonds is 8. The van der Waals surface area contributed by atoms with Crippen molar-refractivity contribution in [1.29, 1.82) is 0 Å². The van der Waals surface area contributed by atoms with Gasteiger partial charge in [0.1, 0.15) is 0 Å². The van der Waals surface area contributed by atoms with E-state index in [0.29, 0.717) is 13.1 Å². The Morgan fingerprint density at radius 3 is 2.40 bits per heavy atom. The number of hydrogen-bond donors (Lipinski definition) is 2. The minimum absolute atomic E-state index is 0. The lowest BCUT2D eigenvalue weighted by atomic mass is 9.85. The quantitative estimate of drug-likeness (QED) is 0.101. The maximum Gasteiger partial charge on any atom is 0.233 e. The van der Waals surface area contributed by atoms with Gasteiger partial charge >= 0.3 is 0 Å². The molecule has 4 unspecified atom stereocenters. The zero-order valence-electron chi connectivity index (χ0n) is 17.1. The predicted molar refractivity (Wildman–Crippen MR) is 131 cm³/mol. The molecule has 2 aliphatic carbocycles. The molecule has 2 fully saturated rings. The summed E-state index contributed by atoms with van der Waals surface area (Å²) in [6.07, 6.45) is 5.22. The summed E-state index contributed by atoms with van der Waals surface area (Å²) >= 11 is 1.79. The first-order valence-corrected chi connectivity index (χ1v) is 11.4. The number of hydrogen-bond acceptors (Lipinski definition) is 4. The van der Waals surface area contributed by atoms with E-state index >= 15 is 0 Å². The number of nitrogens with one attached hydrogen (secondary N) is 2. The molecule has 0 radical (unpaired) electrons. The summed E-state index contributed by atoms with van der Waals surface area (Å²) in [6.45, 7) is 4.35. The van der Waals surface area contributed by atoms with E-state index in [4.69, 9.17) is 0 Å². The molecule has 1 heterocycles. The van der Waals surface area contributed by atoms with E-state index in [2.05, 4.69) is 39.9 Å². The van der Waals surface area contributed by atoms with Gasteiger partial charge in [-0.2, -0.15) is 0 Å². The van der Waals surface area contributed by atoms with Crippen molar-refractivity contribution in [2.24, 2.45) is 28.7 Å². The fraction of sp³-hybridized carbons (Fsp3) is 0.500. The van der Waals surface area contributed by atoms with Crippen LogP contribution >= 0.6 is 35.7 Å². The molecule has 1 aromatic rings. The SMILES string of the molecule is CCNC(=NCCN1C(=O)C2C3C=CC(C3)C2C1=O)NCCSc1ccccc1.I. The number of carbonyl (C=O) groups is 2. The number of guanidine groups is 1. The van der Waals surface area contributed by atoms with Crippen LogP contribution in [0.3, 0.4) is 0 Å². The first kappa shape index (κ1) is 23.1. The van der Waals surface area contributed by atoms with Gasteiger partial charge in [-0.3, -0.25) is 19.5 Å². The maximum absolute atomic E-state index is 12.7. The topological polar surface area (TPSA) is 73.8 Å². The maximum atomic E-state index is 12.7. The van der Waals surface area contributed by atoms with Gasteiger partial charge in [0.25, 0.3) is 0 Å². The summed E-state index contributed by atoms with van der Waals surface area (Å²) < 4.78 is 0. The van der Waals surface area contributed by atoms with Crippen LogP contribution in [-0.4, -0.2) is 54.6 Å². The molecule has 1 aliphatic heterocycles. The average molecular weight is 540 g/mol. The monoisotopic (exact) mass is 540 g/mol. The van der Waals surface area contributed by atoms with Crippen LogP contribution in [-0.2, 0) is 9.59 Å². The van der Waals surface area contributed by atoms with Crippen LogP contribution in [0.5, 0.6) is 0 Å². The van der Waals surface area contributed by atoms with Crippen LogP contribution in [0, 0.1) is 23.7 Å². The molecule has 1 aromatic carbocycles. The fourth-order valence-electron chi connectivity index (χ4n) is 4.64. The molecule has 6 nitrogen and oxygen atoms in total. The third-order valence-corrected chi connectivity index (χ3v) is 6.92. The summed E-state index contributed by atoms with van der Waals surface area (Å²) in [6, 6.07) is 10.3. The van der Waals surface area contributed by atoms with Gasteiger partial charge < -0.3 is 10.6 Å². The summed E-state index contributed by atoms with van der Waals surface area (Å²) in [7, 11) is 0. The molecule has 1 saturated carbocycles. The molecule has 30 heavy (non-hydrogen) atoms. The van der Waals surface area contributed by atoms with E-state index in [0.717, 1.165) is 31.2 Å². The fourth-order valence-corrected chi connectivity index (χ4v) is 5.43. The number of aliphatic imine (C=N–C) groups is 1. The number of thioether (sulfide) groups is 1. The van der Waals surface area contributed by atoms with Gasteiger partial charge in [0.05, 0.1) is 18.4 Å². The zero-order valence-corrected chi connectivity index (χ0v) is 20.3. The van der Waals surface area contributed by atoms with E-state index in [9.17, 15) is 9.59 Å². The van der Waals surface area contributed by atoms with Crippen molar-refractivity contribution in [1.82, 2.24) is 15.5 Å². The first-order chi connectivity index (χ1) is 14.2. The number of nitrogens with zero attached hydrogens (tertiary/aromatic N) is 2. The van der Waals surface area contributed by atoms with Crippen molar-refractivity contribution in [2.75, 3.05) is 31.9 Å². The lowest BCUT2D eigenvalue weighted by Gasteiger charge is -2.17. The molecular formula is C22H29IN4O2S. The van der Waals surface area contributed by atoms with Gasteiger partial charge in [0.15, 0.2) is 5.96 Å². The molecule has 2 amide bonds. The number of amides is 2. The van der Waals surface area contributed by atoms with Crippen molar-refractivity contribution >= 4 is 53.5 Å². The van der Waals surface area contributed by atoms with E-state index in [-0.39, 0.29) is 59.5 Å². The number of fused-ring (bicyclic) bond motifs is 5. The van der Waals surface area contributed by atoms with Crippen molar-refractivity contribution < 1.29 is 9.59 Å². The van der Waals surface area contributed by atoms with Gasteiger partial charge in [0.2, 0.25) is 11.8 Å². The van der Waals surface area contributed by atoms with Gasteiger partial charge in [0, 0.05) is 30.3 Å². The van der Waals surface area contributed by atoms with Crippen LogP contribution in [0.4, 0.5) is 0 Å². The highest BCUT2D eigenvalue weighted by Crippen LogP contribution is 2.52. The highest BCUT2D eigenvalue weighted by atomic mass is 127. The minimum Gasteiger partial charge on any atom is -0.357 e. The minimum atomic E-state index is -0.122. The lowest BCUT2D eigenvalue weighted by molar-refractivity contribution is -0.140. The van der Waals surface area contributed by atoms with Gasteiger partial charge in [-0.1, -0.05) is 30.4 Å². The Kier molecular flexibility index (Phi) is 8.21. The number of benzene rings is 1. The molecule has 0 spiro atoms. The molecule has 0 aromatic heterocycles. The Balaban J connectivity index is 0.00000256. The zero-order chi connectivity index (χ0) is 20.2. The van der Waals surface area contributed by atoms with Crippen LogP contribution in [0.25, 0.3) is 0 Å². The second-order valence-corrected chi connectivity index (χ2v) is 8.85. The molecule has 2 N–H and O–H groups in total. The number of carbonyl (C=O) groups excluding carboxylic acids is 2. The third kappa shape index (κ3) is 4.85. The van der Waals surface area contributed by atoms with Gasteiger partial charge in [-0.15, -0.1) is 35.7 Å². The molecule has 1 saturated heterocycles. The summed E-state index contributed by atoms with van der Waals surface area (Å²) in [4.78, 5) is 32.7. The number of imide groups is 1. The van der Waals surface area contributed by atoms with Crippen molar-refractivity contribution in [3.05, 3.63) is 42.5 Å². The van der Waals surface area contributed by atoms with Crippen molar-refractivity contribution in [3.63, 3.8) is 0 Å². The van der Waals surface area contributed by atoms with Gasteiger partial charge in [-0.05, 0) is 37.3 Å². The van der Waals surface area contributed by atoms with E-state index in [1.807, 2.05) is 25.1 Å². The second-order valence-electron chi connectivity index (χ2n) is 7.68. The molecule has 162 valence electrons. The Morgan fingerprint density at radius 2 is 1.77 bits per heavy atom. The second kappa shape index (κ2) is 10.7. The molecule has 4 rings (SSSR count). The first-order valence-electron chi connectivity index (χ1n) is 10.4. The standard InChI is InChI=1S/C22H28N4O2S.HI/c1-2-23-22(25-11-13-29-17-6-4-3-5-7-17)24-10-12-26-20(27)18-15-8-9-16(14-15)19(18)21(26)28;/h3-9,15-16,18-19H,2,10-14H2,1H3,(H2,23,24,25);1H. The van der Waals surface area contributed by atoms with Gasteiger partial charge in [-0.25, -0.2) is 0 Å². The average Bonchev–Trinajstić information content (AvgIpc) is 3.41. The van der Waals surface area contributed by atoms with E-state index in [1.165, 1.54) is 9.80 Å². The number of halogens is 1. The summed E-state index contributed by atoms with van der Waals surface area (Å²) in [5.41, 5.74) is 0. The molecule has 2 bridgehead atoms. The number of likely N-dealkylation sites (tertiary alicyclic amines) is 1. The largest absolute Gasteiger partial charge is 0.357 e. The smallest absolute Gasteiger partial charge is 0.233 e. The molecular weight excluding hydrogens is 511 g/mol. The Hall–Kier alpha value is -1.55. The normalized spacial score (nSPS) is 26.7. The van der Waals surface area contributed by atoms with Crippen LogP contribution in [0.1, 0.15) is 13.3 Å². The van der Waals surface area contributed by atoms with Crippen LogP contribution < -0.4 is 10.6 Å². The van der Waals surface area contributed by atoms with Crippen molar-refractivity contribution in [3.8, 4) is 0 Å². The number of allylic oxidation sites excluding steroid dienone is 2. The van der Waals surface area contributed by atoms with Crippen LogP contribution in [0.2, 0.25) is 0 Å². The Bertz CT molecular complexity index is 787. The Labute approximate surface area is 199 Å².